The Hall–Kier alpha value is -0.900. The van der Waals surface area contributed by atoms with Crippen LogP contribution in [0.15, 0.2) is 0 Å². The molecule has 0 aliphatic rings. The largest absolute Gasteiger partial charge is 0.373 e. The Labute approximate surface area is 40.7 Å². The maximum atomic E-state index is 9.91. The van der Waals surface area contributed by atoms with Gasteiger partial charge in [-0.05, 0) is 0 Å². The highest BCUT2D eigenvalue weighted by molar-refractivity contribution is 5.84. The Morgan fingerprint density at radius 3 is 2.71 bits per heavy atom. The molecule has 0 saturated heterocycles. The molecule has 0 bridgehead atoms. The first-order chi connectivity index (χ1) is 3.31. The minimum atomic E-state index is -0.588. The SMILES string of the molecule is N=CCC(=O)ON. The maximum absolute atomic E-state index is 9.91. The fourth-order valence-electron chi connectivity index (χ4n) is 0.131. The van der Waals surface area contributed by atoms with Crippen molar-refractivity contribution in [2.24, 2.45) is 5.90 Å². The molecule has 0 aliphatic heterocycles. The zero-order valence-electron chi connectivity index (χ0n) is 3.68. The number of hydrogen-bond acceptors (Lipinski definition) is 4. The van der Waals surface area contributed by atoms with Gasteiger partial charge in [0.2, 0.25) is 0 Å². The van der Waals surface area contributed by atoms with Crippen LogP contribution < -0.4 is 5.90 Å². The smallest absolute Gasteiger partial charge is 0.329 e. The molecule has 0 aromatic carbocycles. The first-order valence-electron chi connectivity index (χ1n) is 1.69. The van der Waals surface area contributed by atoms with E-state index in [9.17, 15) is 4.79 Å². The van der Waals surface area contributed by atoms with E-state index in [2.05, 4.69) is 10.7 Å². The number of carbonyl (C=O) groups excluding carboxylic acids is 1. The van der Waals surface area contributed by atoms with E-state index in [1.807, 2.05) is 0 Å². The van der Waals surface area contributed by atoms with Crippen molar-refractivity contribution in [1.29, 1.82) is 5.41 Å². The summed E-state index contributed by atoms with van der Waals surface area (Å²) < 4.78 is 0. The summed E-state index contributed by atoms with van der Waals surface area (Å²) in [4.78, 5) is 13.6. The molecule has 0 heterocycles. The molecule has 0 aliphatic carbocycles. The Kier molecular flexibility index (Phi) is 2.87. The minimum absolute atomic E-state index is 0.0451. The minimum Gasteiger partial charge on any atom is -0.373 e. The van der Waals surface area contributed by atoms with E-state index in [1.54, 1.807) is 0 Å². The zero-order valence-corrected chi connectivity index (χ0v) is 3.68. The van der Waals surface area contributed by atoms with Gasteiger partial charge in [0, 0.05) is 6.21 Å². The molecular weight excluding hydrogens is 96.0 g/mol. The van der Waals surface area contributed by atoms with Crippen molar-refractivity contribution >= 4 is 12.2 Å². The third-order valence-corrected chi connectivity index (χ3v) is 0.400. The molecule has 0 radical (unpaired) electrons. The second kappa shape index (κ2) is 3.30. The lowest BCUT2D eigenvalue weighted by Gasteiger charge is -1.86. The van der Waals surface area contributed by atoms with E-state index >= 15 is 0 Å². The highest BCUT2D eigenvalue weighted by Crippen LogP contribution is 1.72. The first-order valence-corrected chi connectivity index (χ1v) is 1.69. The molecule has 0 unspecified atom stereocenters. The molecule has 0 saturated carbocycles. The van der Waals surface area contributed by atoms with Crippen molar-refractivity contribution in [1.82, 2.24) is 0 Å². The predicted molar refractivity (Wildman–Crippen MR) is 23.7 cm³/mol. The van der Waals surface area contributed by atoms with Gasteiger partial charge in [-0.3, -0.25) is 0 Å². The molecule has 40 valence electrons. The van der Waals surface area contributed by atoms with Crippen LogP contribution in [0.3, 0.4) is 0 Å². The molecule has 0 fully saturated rings. The summed E-state index contributed by atoms with van der Waals surface area (Å²) in [5.41, 5.74) is 0. The van der Waals surface area contributed by atoms with E-state index in [0.29, 0.717) is 0 Å². The van der Waals surface area contributed by atoms with Gasteiger partial charge in [-0.25, -0.2) is 4.79 Å². The third kappa shape index (κ3) is 2.92. The zero-order chi connectivity index (χ0) is 5.70. The number of hydrogen-bond donors (Lipinski definition) is 2. The van der Waals surface area contributed by atoms with Crippen LogP contribution >= 0.6 is 0 Å². The van der Waals surface area contributed by atoms with E-state index in [1.165, 1.54) is 0 Å². The molecule has 0 rings (SSSR count). The quantitative estimate of drug-likeness (QED) is 0.362. The molecule has 0 atom stereocenters. The highest BCUT2D eigenvalue weighted by atomic mass is 16.7. The van der Waals surface area contributed by atoms with Gasteiger partial charge in [0.15, 0.2) is 0 Å². The fourth-order valence-corrected chi connectivity index (χ4v) is 0.131. The molecular formula is C3H6N2O2. The van der Waals surface area contributed by atoms with E-state index in [-0.39, 0.29) is 6.42 Å². The summed E-state index contributed by atoms with van der Waals surface area (Å²) in [5, 5.41) is 6.36. The third-order valence-electron chi connectivity index (χ3n) is 0.400. The summed E-state index contributed by atoms with van der Waals surface area (Å²) in [6, 6.07) is 0. The normalized spacial score (nSPS) is 7.57. The Balaban J connectivity index is 3.17. The van der Waals surface area contributed by atoms with Crippen LogP contribution in [0, 0.1) is 5.41 Å². The molecule has 4 heteroatoms. The van der Waals surface area contributed by atoms with Gasteiger partial charge >= 0.3 is 5.97 Å². The van der Waals surface area contributed by atoms with Crippen LogP contribution in [-0.4, -0.2) is 12.2 Å². The number of carbonyl (C=O) groups is 1. The van der Waals surface area contributed by atoms with Crippen LogP contribution in [0.25, 0.3) is 0 Å². The molecule has 0 aromatic heterocycles. The van der Waals surface area contributed by atoms with Gasteiger partial charge in [0.25, 0.3) is 0 Å². The van der Waals surface area contributed by atoms with Gasteiger partial charge < -0.3 is 10.2 Å². The van der Waals surface area contributed by atoms with Crippen molar-refractivity contribution in [3.05, 3.63) is 0 Å². The van der Waals surface area contributed by atoms with Gasteiger partial charge in [-0.1, -0.05) is 0 Å². The summed E-state index contributed by atoms with van der Waals surface area (Å²) in [6.07, 6.45) is 0.881. The lowest BCUT2D eigenvalue weighted by Crippen LogP contribution is -2.09. The highest BCUT2D eigenvalue weighted by Gasteiger charge is 1.92. The molecule has 0 spiro atoms. The topological polar surface area (TPSA) is 76.2 Å². The number of rotatable bonds is 2. The summed E-state index contributed by atoms with van der Waals surface area (Å²) in [5.74, 6) is 3.82. The van der Waals surface area contributed by atoms with Crippen molar-refractivity contribution in [3.63, 3.8) is 0 Å². The van der Waals surface area contributed by atoms with Crippen LogP contribution in [0.1, 0.15) is 6.42 Å². The lowest BCUT2D eigenvalue weighted by molar-refractivity contribution is -0.142. The first kappa shape index (κ1) is 6.10. The molecule has 7 heavy (non-hydrogen) atoms. The van der Waals surface area contributed by atoms with Gasteiger partial charge in [0.05, 0.1) is 6.42 Å². The van der Waals surface area contributed by atoms with Crippen LogP contribution in [0.5, 0.6) is 0 Å². The fraction of sp³-hybridized carbons (Fsp3) is 0.333. The summed E-state index contributed by atoms with van der Waals surface area (Å²) >= 11 is 0. The summed E-state index contributed by atoms with van der Waals surface area (Å²) in [6.45, 7) is 0. The second-order valence-electron chi connectivity index (χ2n) is 0.898. The van der Waals surface area contributed by atoms with Crippen LogP contribution in [0.2, 0.25) is 0 Å². The van der Waals surface area contributed by atoms with Crippen molar-refractivity contribution < 1.29 is 9.63 Å². The monoisotopic (exact) mass is 102 g/mol. The summed E-state index contributed by atoms with van der Waals surface area (Å²) in [7, 11) is 0. The van der Waals surface area contributed by atoms with Crippen molar-refractivity contribution in [3.8, 4) is 0 Å². The second-order valence-corrected chi connectivity index (χ2v) is 0.898. The molecule has 0 amide bonds. The Morgan fingerprint density at radius 2 is 2.57 bits per heavy atom. The number of nitrogens with one attached hydrogen (secondary N) is 1. The van der Waals surface area contributed by atoms with Crippen LogP contribution in [0.4, 0.5) is 0 Å². The predicted octanol–water partition coefficient (Wildman–Crippen LogP) is -0.557. The Bertz CT molecular complexity index is 81.0. The Morgan fingerprint density at radius 1 is 2.00 bits per heavy atom. The average Bonchev–Trinajstić information content (AvgIpc) is 1.68. The molecule has 0 aromatic rings. The maximum Gasteiger partial charge on any atom is 0.329 e. The van der Waals surface area contributed by atoms with E-state index in [0.717, 1.165) is 6.21 Å². The lowest BCUT2D eigenvalue weighted by atomic mass is 10.5. The van der Waals surface area contributed by atoms with Crippen molar-refractivity contribution in [2.75, 3.05) is 0 Å². The number of nitrogens with two attached hydrogens (primary N) is 1. The molecule has 3 N–H and O–H groups in total. The van der Waals surface area contributed by atoms with Gasteiger partial charge in [-0.15, -0.1) is 0 Å². The van der Waals surface area contributed by atoms with E-state index in [4.69, 9.17) is 5.41 Å². The standard InChI is InChI=1S/C3H6N2O2/c4-2-1-3(6)7-5/h2,4H,1,5H2. The molecule has 4 nitrogen and oxygen atoms in total. The average molecular weight is 102 g/mol. The van der Waals surface area contributed by atoms with Crippen molar-refractivity contribution in [2.45, 2.75) is 6.42 Å². The van der Waals surface area contributed by atoms with Gasteiger partial charge in [-0.2, -0.15) is 5.90 Å². The van der Waals surface area contributed by atoms with E-state index < -0.39 is 5.97 Å². The van der Waals surface area contributed by atoms with Crippen LogP contribution in [-0.2, 0) is 9.63 Å². The van der Waals surface area contributed by atoms with Gasteiger partial charge in [0.1, 0.15) is 0 Å².